The molecule has 0 saturated heterocycles. The Balaban J connectivity index is 1.40. The molecule has 1 heterocycles. The molecule has 0 aliphatic carbocycles. The Labute approximate surface area is 269 Å². The van der Waals surface area contributed by atoms with Crippen molar-refractivity contribution >= 4 is 28.7 Å². The van der Waals surface area contributed by atoms with E-state index in [0.29, 0.717) is 66.8 Å². The quantitative estimate of drug-likeness (QED) is 0.0874. The second-order valence-electron chi connectivity index (χ2n) is 11.1. The van der Waals surface area contributed by atoms with Crippen LogP contribution in [0.3, 0.4) is 0 Å². The van der Waals surface area contributed by atoms with Crippen molar-refractivity contribution in [1.29, 1.82) is 0 Å². The first-order chi connectivity index (χ1) is 22.3. The number of carbonyl (C=O) groups excluding carboxylic acids is 3. The number of aromatic amines is 1. The summed E-state index contributed by atoms with van der Waals surface area (Å²) in [6.45, 7) is 6.16. The van der Waals surface area contributed by atoms with Gasteiger partial charge in [0.2, 0.25) is 0 Å². The SMILES string of the molecule is CCOC(=O)CCCCNC(=O)c1ccc(C#Cc2ccc(OC(C)C)c(C(=O)N[C@@H](CO)Cc3c[nH]c4ccccc34)c2)cc1. The number of amides is 2. The van der Waals surface area contributed by atoms with Crippen molar-refractivity contribution in [3.8, 4) is 17.6 Å². The van der Waals surface area contributed by atoms with Crippen LogP contribution >= 0.6 is 0 Å². The number of ether oxygens (including phenoxy) is 2. The first kappa shape index (κ1) is 33.8. The lowest BCUT2D eigenvalue weighted by Crippen LogP contribution is -2.39. The smallest absolute Gasteiger partial charge is 0.305 e. The number of hydrogen-bond donors (Lipinski definition) is 4. The molecule has 46 heavy (non-hydrogen) atoms. The molecule has 240 valence electrons. The molecule has 1 aromatic heterocycles. The van der Waals surface area contributed by atoms with Crippen molar-refractivity contribution in [2.45, 2.75) is 58.6 Å². The lowest BCUT2D eigenvalue weighted by molar-refractivity contribution is -0.143. The number of hydrogen-bond acceptors (Lipinski definition) is 6. The van der Waals surface area contributed by atoms with Gasteiger partial charge in [-0.25, -0.2) is 0 Å². The lowest BCUT2D eigenvalue weighted by atomic mass is 10.0. The molecule has 4 N–H and O–H groups in total. The second-order valence-corrected chi connectivity index (χ2v) is 11.1. The van der Waals surface area contributed by atoms with E-state index in [4.69, 9.17) is 9.47 Å². The Morgan fingerprint density at radius 1 is 0.935 bits per heavy atom. The topological polar surface area (TPSA) is 130 Å². The van der Waals surface area contributed by atoms with E-state index in [1.165, 1.54) is 0 Å². The molecule has 0 radical (unpaired) electrons. The minimum absolute atomic E-state index is 0.149. The maximum Gasteiger partial charge on any atom is 0.305 e. The molecule has 9 nitrogen and oxygen atoms in total. The third-order valence-electron chi connectivity index (χ3n) is 7.18. The van der Waals surface area contributed by atoms with Crippen LogP contribution in [0.1, 0.15) is 77.4 Å². The molecule has 9 heteroatoms. The van der Waals surface area contributed by atoms with Gasteiger partial charge in [0.25, 0.3) is 11.8 Å². The van der Waals surface area contributed by atoms with Gasteiger partial charge in [-0.05, 0) is 94.1 Å². The van der Waals surface area contributed by atoms with Crippen molar-refractivity contribution in [1.82, 2.24) is 15.6 Å². The van der Waals surface area contributed by atoms with Crippen LogP contribution in [-0.4, -0.2) is 59.8 Å². The van der Waals surface area contributed by atoms with Crippen molar-refractivity contribution in [3.05, 3.63) is 101 Å². The highest BCUT2D eigenvalue weighted by atomic mass is 16.5. The summed E-state index contributed by atoms with van der Waals surface area (Å²) >= 11 is 0. The third-order valence-corrected chi connectivity index (χ3v) is 7.18. The van der Waals surface area contributed by atoms with Crippen molar-refractivity contribution in [2.24, 2.45) is 0 Å². The molecule has 0 fully saturated rings. The number of fused-ring (bicyclic) bond motifs is 1. The van der Waals surface area contributed by atoms with E-state index in [9.17, 15) is 19.5 Å². The van der Waals surface area contributed by atoms with Crippen molar-refractivity contribution in [3.63, 3.8) is 0 Å². The molecule has 0 spiro atoms. The molecule has 2 amide bonds. The number of unbranched alkanes of at least 4 members (excludes halogenated alkanes) is 1. The highest BCUT2D eigenvalue weighted by Gasteiger charge is 2.20. The van der Waals surface area contributed by atoms with Crippen LogP contribution in [0.25, 0.3) is 10.9 Å². The van der Waals surface area contributed by atoms with E-state index in [1.54, 1.807) is 49.4 Å². The Morgan fingerprint density at radius 3 is 2.41 bits per heavy atom. The number of aliphatic hydroxyl groups is 1. The number of esters is 1. The van der Waals surface area contributed by atoms with E-state index >= 15 is 0 Å². The summed E-state index contributed by atoms with van der Waals surface area (Å²) in [6, 6.07) is 19.6. The van der Waals surface area contributed by atoms with E-state index in [2.05, 4.69) is 27.5 Å². The van der Waals surface area contributed by atoms with Crippen LogP contribution in [0.2, 0.25) is 0 Å². The Morgan fingerprint density at radius 2 is 1.67 bits per heavy atom. The molecule has 1 atom stereocenters. The average Bonchev–Trinajstić information content (AvgIpc) is 3.46. The van der Waals surface area contributed by atoms with Crippen molar-refractivity contribution < 1.29 is 29.0 Å². The normalized spacial score (nSPS) is 11.4. The van der Waals surface area contributed by atoms with E-state index in [1.807, 2.05) is 44.3 Å². The molecule has 0 aliphatic heterocycles. The van der Waals surface area contributed by atoms with Crippen LogP contribution < -0.4 is 15.4 Å². The van der Waals surface area contributed by atoms with Gasteiger partial charge >= 0.3 is 5.97 Å². The number of nitrogens with one attached hydrogen (secondary N) is 3. The first-order valence-corrected chi connectivity index (χ1v) is 15.6. The molecular weight excluding hydrogens is 582 g/mol. The van der Waals surface area contributed by atoms with Crippen LogP contribution in [0.5, 0.6) is 5.75 Å². The molecular formula is C37H41N3O6. The van der Waals surface area contributed by atoms with Crippen LogP contribution in [0.15, 0.2) is 72.9 Å². The maximum absolute atomic E-state index is 13.5. The largest absolute Gasteiger partial charge is 0.490 e. The van der Waals surface area contributed by atoms with Gasteiger partial charge in [0.15, 0.2) is 0 Å². The van der Waals surface area contributed by atoms with Gasteiger partial charge in [-0.3, -0.25) is 14.4 Å². The number of para-hydroxylation sites is 1. The summed E-state index contributed by atoms with van der Waals surface area (Å²) in [5.41, 5.74) is 4.16. The van der Waals surface area contributed by atoms with Crippen molar-refractivity contribution in [2.75, 3.05) is 19.8 Å². The lowest BCUT2D eigenvalue weighted by Gasteiger charge is -2.19. The Bertz CT molecular complexity index is 1700. The van der Waals surface area contributed by atoms with E-state index < -0.39 is 6.04 Å². The van der Waals surface area contributed by atoms with Gasteiger partial charge in [0, 0.05) is 46.8 Å². The van der Waals surface area contributed by atoms with E-state index in [-0.39, 0.29) is 30.5 Å². The van der Waals surface area contributed by atoms with E-state index in [0.717, 1.165) is 16.5 Å². The number of aromatic nitrogens is 1. The highest BCUT2D eigenvalue weighted by molar-refractivity contribution is 5.97. The summed E-state index contributed by atoms with van der Waals surface area (Å²) < 4.78 is 10.8. The fourth-order valence-electron chi connectivity index (χ4n) is 4.91. The summed E-state index contributed by atoms with van der Waals surface area (Å²) in [6.07, 6.45) is 3.87. The van der Waals surface area contributed by atoms with Gasteiger partial charge in [0.1, 0.15) is 5.75 Å². The summed E-state index contributed by atoms with van der Waals surface area (Å²) in [5, 5.41) is 17.0. The van der Waals surface area contributed by atoms with Crippen LogP contribution in [0, 0.1) is 11.8 Å². The number of H-pyrrole nitrogens is 1. The minimum Gasteiger partial charge on any atom is -0.490 e. The van der Waals surface area contributed by atoms with Crippen LogP contribution in [-0.2, 0) is 16.0 Å². The third kappa shape index (κ3) is 9.71. The summed E-state index contributed by atoms with van der Waals surface area (Å²) in [5.74, 6) is 5.83. The molecule has 4 aromatic rings. The summed E-state index contributed by atoms with van der Waals surface area (Å²) in [4.78, 5) is 40.6. The van der Waals surface area contributed by atoms with Crippen LogP contribution in [0.4, 0.5) is 0 Å². The fraction of sp³-hybridized carbons (Fsp3) is 0.324. The molecule has 3 aromatic carbocycles. The molecule has 0 aliphatic rings. The predicted molar refractivity (Wildman–Crippen MR) is 178 cm³/mol. The van der Waals surface area contributed by atoms with Gasteiger partial charge in [0.05, 0.1) is 30.9 Å². The summed E-state index contributed by atoms with van der Waals surface area (Å²) in [7, 11) is 0. The zero-order valence-electron chi connectivity index (χ0n) is 26.5. The van der Waals surface area contributed by atoms with Gasteiger partial charge in [-0.15, -0.1) is 0 Å². The number of rotatable bonds is 14. The standard InChI is InChI=1S/C37H41N3O6/c1-4-45-35(42)11-7-8-20-38-36(43)28-17-14-26(15-18-28)12-13-27-16-19-34(46-25(2)3)32(21-27)37(44)40-30(24-41)22-29-23-39-33-10-6-5-9-31(29)33/h5-6,9-10,14-19,21,23,25,30,39,41H,4,7-8,11,20,22,24H2,1-3H3,(H,38,43)(H,40,44)/t30-/m1/s1. The molecule has 0 saturated carbocycles. The minimum atomic E-state index is -0.506. The highest BCUT2D eigenvalue weighted by Crippen LogP contribution is 2.23. The Hall–Kier alpha value is -5.07. The van der Waals surface area contributed by atoms with Gasteiger partial charge < -0.3 is 30.2 Å². The van der Waals surface area contributed by atoms with Gasteiger partial charge in [-0.2, -0.15) is 0 Å². The molecule has 0 unspecified atom stereocenters. The van der Waals surface area contributed by atoms with Gasteiger partial charge in [-0.1, -0.05) is 30.0 Å². The zero-order chi connectivity index (χ0) is 32.9. The monoisotopic (exact) mass is 623 g/mol. The molecule has 0 bridgehead atoms. The number of carbonyl (C=O) groups is 3. The fourth-order valence-corrected chi connectivity index (χ4v) is 4.91. The number of benzene rings is 3. The maximum atomic E-state index is 13.5. The first-order valence-electron chi connectivity index (χ1n) is 15.6. The number of aliphatic hydroxyl groups excluding tert-OH is 1. The zero-order valence-corrected chi connectivity index (χ0v) is 26.5. The second kappa shape index (κ2) is 16.8. The molecule has 4 rings (SSSR count). The predicted octanol–water partition coefficient (Wildman–Crippen LogP) is 5.15. The Kier molecular flexibility index (Phi) is 12.4. The average molecular weight is 624 g/mol.